The zero-order valence-corrected chi connectivity index (χ0v) is 13.1. The first-order valence-corrected chi connectivity index (χ1v) is 8.29. The van der Waals surface area contributed by atoms with E-state index >= 15 is 0 Å². The van der Waals surface area contributed by atoms with Crippen LogP contribution in [0, 0.1) is 12.3 Å². The van der Waals surface area contributed by atoms with Gasteiger partial charge < -0.3 is 0 Å². The number of halogens is 1. The predicted octanol–water partition coefficient (Wildman–Crippen LogP) is 3.02. The zero-order valence-electron chi connectivity index (χ0n) is 11.6. The Morgan fingerprint density at radius 3 is 2.37 bits per heavy atom. The zero-order chi connectivity index (χ0) is 14.3. The molecular weight excluding hydrogens is 282 g/mol. The molecule has 0 unspecified atom stereocenters. The lowest BCUT2D eigenvalue weighted by molar-refractivity contribution is 0.190. The Kier molecular flexibility index (Phi) is 3.96. The lowest BCUT2D eigenvalue weighted by Gasteiger charge is -2.39. The molecule has 3 nitrogen and oxygen atoms in total. The molecule has 0 amide bonds. The molecular formula is C14H20ClNO2S. The Balaban J connectivity index is 2.31. The Morgan fingerprint density at radius 2 is 1.84 bits per heavy atom. The molecule has 0 N–H and O–H groups in total. The molecule has 1 saturated heterocycles. The number of hydrogen-bond donors (Lipinski definition) is 0. The molecule has 0 spiro atoms. The van der Waals surface area contributed by atoms with Crippen molar-refractivity contribution < 1.29 is 8.42 Å². The Morgan fingerprint density at radius 1 is 1.26 bits per heavy atom. The highest BCUT2D eigenvalue weighted by Crippen LogP contribution is 2.34. The van der Waals surface area contributed by atoms with E-state index in [2.05, 4.69) is 13.8 Å². The highest BCUT2D eigenvalue weighted by Gasteiger charge is 2.37. The van der Waals surface area contributed by atoms with E-state index in [1.54, 1.807) is 12.1 Å². The van der Waals surface area contributed by atoms with Gasteiger partial charge in [-0.1, -0.05) is 31.5 Å². The molecule has 0 bridgehead atoms. The second-order valence-corrected chi connectivity index (χ2v) is 8.63. The summed E-state index contributed by atoms with van der Waals surface area (Å²) in [4.78, 5) is 0.347. The molecule has 1 aromatic rings. The summed E-state index contributed by atoms with van der Waals surface area (Å²) < 4.78 is 26.7. The third-order valence-corrected chi connectivity index (χ3v) is 5.56. The first kappa shape index (κ1) is 14.8. The lowest BCUT2D eigenvalue weighted by atomic mass is 9.85. The van der Waals surface area contributed by atoms with Crippen molar-refractivity contribution in [3.63, 3.8) is 0 Å². The molecule has 106 valence electrons. The fraction of sp³-hybridized carbons (Fsp3) is 0.571. The van der Waals surface area contributed by atoms with Crippen LogP contribution in [0.5, 0.6) is 0 Å². The van der Waals surface area contributed by atoms with Gasteiger partial charge in [0.15, 0.2) is 0 Å². The van der Waals surface area contributed by atoms with Crippen LogP contribution in [0.3, 0.4) is 0 Å². The average molecular weight is 302 g/mol. The summed E-state index contributed by atoms with van der Waals surface area (Å²) >= 11 is 6.21. The van der Waals surface area contributed by atoms with Crippen LogP contribution in [0.15, 0.2) is 29.2 Å². The Hall–Kier alpha value is -0.580. The standard InChI is InChI=1S/C14H20ClNO2S/c1-11-4-6-13(7-5-11)19(17,18)16-9-12(15)8-14(2,3)10-16/h4-7,12H,8-10H2,1-3H3/t12-/m1/s1. The number of aryl methyl sites for hydroxylation is 1. The lowest BCUT2D eigenvalue weighted by Crippen LogP contribution is -2.48. The van der Waals surface area contributed by atoms with Gasteiger partial charge in [-0.05, 0) is 30.9 Å². The van der Waals surface area contributed by atoms with Crippen molar-refractivity contribution in [1.29, 1.82) is 0 Å². The van der Waals surface area contributed by atoms with Gasteiger partial charge in [0.25, 0.3) is 0 Å². The molecule has 19 heavy (non-hydrogen) atoms. The quantitative estimate of drug-likeness (QED) is 0.788. The minimum atomic E-state index is -3.43. The van der Waals surface area contributed by atoms with E-state index in [4.69, 9.17) is 11.6 Å². The van der Waals surface area contributed by atoms with Crippen molar-refractivity contribution in [3.8, 4) is 0 Å². The second kappa shape index (κ2) is 5.08. The first-order valence-electron chi connectivity index (χ1n) is 6.42. The van der Waals surface area contributed by atoms with Crippen LogP contribution >= 0.6 is 11.6 Å². The van der Waals surface area contributed by atoms with Crippen molar-refractivity contribution >= 4 is 21.6 Å². The summed E-state index contributed by atoms with van der Waals surface area (Å²) in [5, 5.41) is -0.121. The molecule has 1 fully saturated rings. The fourth-order valence-electron chi connectivity index (χ4n) is 2.53. The van der Waals surface area contributed by atoms with Crippen molar-refractivity contribution in [2.75, 3.05) is 13.1 Å². The van der Waals surface area contributed by atoms with Gasteiger partial charge in [0.2, 0.25) is 10.0 Å². The normalized spacial score (nSPS) is 24.3. The molecule has 1 heterocycles. The van der Waals surface area contributed by atoms with Crippen LogP contribution in [0.1, 0.15) is 25.8 Å². The molecule has 0 aliphatic carbocycles. The Labute approximate surface area is 120 Å². The third-order valence-electron chi connectivity index (χ3n) is 3.44. The van der Waals surface area contributed by atoms with Gasteiger partial charge in [-0.25, -0.2) is 8.42 Å². The second-order valence-electron chi connectivity index (χ2n) is 6.08. The molecule has 5 heteroatoms. The molecule has 1 aromatic carbocycles. The van der Waals surface area contributed by atoms with Gasteiger partial charge in [0.1, 0.15) is 0 Å². The topological polar surface area (TPSA) is 37.4 Å². The Bertz CT molecular complexity index is 551. The molecule has 2 rings (SSSR count). The molecule has 0 radical (unpaired) electrons. The maximum Gasteiger partial charge on any atom is 0.243 e. The largest absolute Gasteiger partial charge is 0.243 e. The maximum absolute atomic E-state index is 12.6. The summed E-state index contributed by atoms with van der Waals surface area (Å²) in [5.41, 5.74) is 0.968. The van der Waals surface area contributed by atoms with Crippen LogP contribution in [0.2, 0.25) is 0 Å². The van der Waals surface area contributed by atoms with Crippen LogP contribution in [0.25, 0.3) is 0 Å². The van der Waals surface area contributed by atoms with Crippen LogP contribution < -0.4 is 0 Å². The van der Waals surface area contributed by atoms with Gasteiger partial charge in [-0.3, -0.25) is 0 Å². The van der Waals surface area contributed by atoms with Crippen molar-refractivity contribution in [2.24, 2.45) is 5.41 Å². The summed E-state index contributed by atoms with van der Waals surface area (Å²) in [6, 6.07) is 6.96. The number of benzene rings is 1. The van der Waals surface area contributed by atoms with E-state index < -0.39 is 10.0 Å². The maximum atomic E-state index is 12.6. The van der Waals surface area contributed by atoms with E-state index in [9.17, 15) is 8.42 Å². The number of hydrogen-bond acceptors (Lipinski definition) is 2. The van der Waals surface area contributed by atoms with E-state index in [-0.39, 0.29) is 10.8 Å². The molecule has 1 atom stereocenters. The molecule has 1 aliphatic rings. The van der Waals surface area contributed by atoms with Gasteiger partial charge in [0, 0.05) is 18.5 Å². The van der Waals surface area contributed by atoms with Crippen LogP contribution in [-0.2, 0) is 10.0 Å². The first-order chi connectivity index (χ1) is 8.71. The van der Waals surface area contributed by atoms with Gasteiger partial charge in [-0.2, -0.15) is 4.31 Å². The summed E-state index contributed by atoms with van der Waals surface area (Å²) in [6.45, 7) is 6.96. The van der Waals surface area contributed by atoms with E-state index in [1.165, 1.54) is 4.31 Å². The monoisotopic (exact) mass is 301 g/mol. The van der Waals surface area contributed by atoms with E-state index in [0.717, 1.165) is 12.0 Å². The number of sulfonamides is 1. The van der Waals surface area contributed by atoms with Crippen LogP contribution in [-0.4, -0.2) is 31.2 Å². The van der Waals surface area contributed by atoms with Gasteiger partial charge in [-0.15, -0.1) is 11.6 Å². The SMILES string of the molecule is Cc1ccc(S(=O)(=O)N2C[C@H](Cl)CC(C)(C)C2)cc1. The minimum absolute atomic E-state index is 0.0809. The van der Waals surface area contributed by atoms with Gasteiger partial charge >= 0.3 is 0 Å². The summed E-state index contributed by atoms with van der Waals surface area (Å²) in [6.07, 6.45) is 0.842. The highest BCUT2D eigenvalue weighted by atomic mass is 35.5. The van der Waals surface area contributed by atoms with E-state index in [1.807, 2.05) is 19.1 Å². The van der Waals surface area contributed by atoms with E-state index in [0.29, 0.717) is 18.0 Å². The number of piperidine rings is 1. The third kappa shape index (κ3) is 3.30. The van der Waals surface area contributed by atoms with Crippen LogP contribution in [0.4, 0.5) is 0 Å². The minimum Gasteiger partial charge on any atom is -0.207 e. The fourth-order valence-corrected chi connectivity index (χ4v) is 4.87. The van der Waals surface area contributed by atoms with Crippen molar-refractivity contribution in [2.45, 2.75) is 37.5 Å². The highest BCUT2D eigenvalue weighted by molar-refractivity contribution is 7.89. The van der Waals surface area contributed by atoms with Gasteiger partial charge in [0.05, 0.1) is 4.90 Å². The molecule has 0 saturated carbocycles. The number of rotatable bonds is 2. The summed E-state index contributed by atoms with van der Waals surface area (Å²) in [7, 11) is -3.43. The average Bonchev–Trinajstić information content (AvgIpc) is 2.26. The molecule has 1 aliphatic heterocycles. The molecule has 0 aromatic heterocycles. The number of nitrogens with zero attached hydrogens (tertiary/aromatic N) is 1. The predicted molar refractivity (Wildman–Crippen MR) is 78.0 cm³/mol. The number of alkyl halides is 1. The van der Waals surface area contributed by atoms with Crippen molar-refractivity contribution in [3.05, 3.63) is 29.8 Å². The smallest absolute Gasteiger partial charge is 0.207 e. The van der Waals surface area contributed by atoms with Crippen molar-refractivity contribution in [1.82, 2.24) is 4.31 Å². The summed E-state index contributed by atoms with van der Waals surface area (Å²) in [5.74, 6) is 0.